The Morgan fingerprint density at radius 1 is 1.43 bits per heavy atom. The smallest absolute Gasteiger partial charge is 0.326 e. The number of halogens is 1. The Hall–Kier alpha value is -1.56. The van der Waals surface area contributed by atoms with Crippen molar-refractivity contribution in [3.63, 3.8) is 0 Å². The highest BCUT2D eigenvalue weighted by Crippen LogP contribution is 2.37. The summed E-state index contributed by atoms with van der Waals surface area (Å²) in [6.45, 7) is 0.257. The first-order valence-electron chi connectivity index (χ1n) is 7.00. The minimum absolute atomic E-state index is 0.257. The van der Waals surface area contributed by atoms with Crippen LogP contribution >= 0.6 is 15.9 Å². The molecule has 1 heterocycles. The van der Waals surface area contributed by atoms with Gasteiger partial charge in [-0.2, -0.15) is 0 Å². The number of carbonyl (C=O) groups is 2. The van der Waals surface area contributed by atoms with Crippen molar-refractivity contribution in [2.45, 2.75) is 31.2 Å². The fourth-order valence-electron chi connectivity index (χ4n) is 2.58. The van der Waals surface area contributed by atoms with Crippen LogP contribution in [0.25, 0.3) is 0 Å². The van der Waals surface area contributed by atoms with Crippen molar-refractivity contribution in [3.05, 3.63) is 28.2 Å². The van der Waals surface area contributed by atoms with Gasteiger partial charge in [-0.15, -0.1) is 0 Å². The van der Waals surface area contributed by atoms with Crippen LogP contribution in [0.15, 0.2) is 22.7 Å². The van der Waals surface area contributed by atoms with Gasteiger partial charge < -0.3 is 15.2 Å². The largest absolute Gasteiger partial charge is 0.492 e. The van der Waals surface area contributed by atoms with Crippen LogP contribution in [0.2, 0.25) is 0 Å². The van der Waals surface area contributed by atoms with Crippen molar-refractivity contribution in [1.29, 1.82) is 0 Å². The van der Waals surface area contributed by atoms with Gasteiger partial charge in [-0.1, -0.05) is 28.8 Å². The Morgan fingerprint density at radius 3 is 2.86 bits per heavy atom. The molecule has 0 spiro atoms. The number of fused-ring (bicyclic) bond motifs is 1. The van der Waals surface area contributed by atoms with E-state index in [1.54, 1.807) is 0 Å². The molecule has 2 unspecified atom stereocenters. The summed E-state index contributed by atoms with van der Waals surface area (Å²) in [7, 11) is 0. The molecule has 2 N–H and O–H groups in total. The van der Waals surface area contributed by atoms with Crippen LogP contribution in [-0.2, 0) is 9.59 Å². The summed E-state index contributed by atoms with van der Waals surface area (Å²) in [4.78, 5) is 23.6. The molecule has 1 amide bonds. The summed E-state index contributed by atoms with van der Waals surface area (Å²) in [5.74, 6) is -0.567. The first-order chi connectivity index (χ1) is 10.0. The second kappa shape index (κ2) is 5.67. The topological polar surface area (TPSA) is 75.6 Å². The molecule has 1 aliphatic carbocycles. The molecule has 3 rings (SSSR count). The number of carboxylic acid groups (broad SMARTS) is 1. The summed E-state index contributed by atoms with van der Waals surface area (Å²) in [5.41, 5.74) is 0.803. The predicted molar refractivity (Wildman–Crippen MR) is 79.3 cm³/mol. The summed E-state index contributed by atoms with van der Waals surface area (Å²) < 4.78 is 6.37. The SMILES string of the molecule is O=C(O)C(CC1CC1)NC(=O)C1COc2ccc(Br)cc21. The van der Waals surface area contributed by atoms with E-state index in [1.165, 1.54) is 0 Å². The molecular formula is C15H16BrNO4. The molecule has 0 radical (unpaired) electrons. The molecule has 112 valence electrons. The van der Waals surface area contributed by atoms with Crippen LogP contribution in [0.4, 0.5) is 0 Å². The molecule has 2 atom stereocenters. The van der Waals surface area contributed by atoms with Crippen LogP contribution in [0, 0.1) is 5.92 Å². The highest BCUT2D eigenvalue weighted by atomic mass is 79.9. The van der Waals surface area contributed by atoms with E-state index in [1.807, 2.05) is 18.2 Å². The first-order valence-corrected chi connectivity index (χ1v) is 7.79. The summed E-state index contributed by atoms with van der Waals surface area (Å²) in [6.07, 6.45) is 2.63. The van der Waals surface area contributed by atoms with Crippen molar-refractivity contribution >= 4 is 27.8 Å². The lowest BCUT2D eigenvalue weighted by molar-refractivity contribution is -0.142. The molecule has 1 aromatic carbocycles. The van der Waals surface area contributed by atoms with E-state index in [0.29, 0.717) is 18.1 Å². The maximum atomic E-state index is 12.4. The predicted octanol–water partition coefficient (Wildman–Crippen LogP) is 2.29. The van der Waals surface area contributed by atoms with Crippen LogP contribution in [0.3, 0.4) is 0 Å². The number of hydrogen-bond donors (Lipinski definition) is 2. The highest BCUT2D eigenvalue weighted by molar-refractivity contribution is 9.10. The summed E-state index contributed by atoms with van der Waals surface area (Å²) >= 11 is 3.38. The second-order valence-electron chi connectivity index (χ2n) is 5.62. The lowest BCUT2D eigenvalue weighted by Gasteiger charge is -2.17. The maximum Gasteiger partial charge on any atom is 0.326 e. The normalized spacial score (nSPS) is 21.3. The van der Waals surface area contributed by atoms with Gasteiger partial charge >= 0.3 is 5.97 Å². The number of benzene rings is 1. The molecule has 1 saturated carbocycles. The first kappa shape index (κ1) is 14.4. The average molecular weight is 354 g/mol. The summed E-state index contributed by atoms with van der Waals surface area (Å²) in [6, 6.07) is 4.71. The Morgan fingerprint density at radius 2 is 2.19 bits per heavy atom. The van der Waals surface area contributed by atoms with E-state index in [4.69, 9.17) is 4.74 Å². The Bertz CT molecular complexity index is 585. The Kier molecular flexibility index (Phi) is 3.89. The number of hydrogen-bond acceptors (Lipinski definition) is 3. The van der Waals surface area contributed by atoms with Gasteiger partial charge in [-0.05, 0) is 30.5 Å². The zero-order valence-corrected chi connectivity index (χ0v) is 12.9. The number of ether oxygens (including phenoxy) is 1. The van der Waals surface area contributed by atoms with Gasteiger partial charge in [0.2, 0.25) is 5.91 Å². The Balaban J connectivity index is 1.71. The number of carbonyl (C=O) groups excluding carboxylic acids is 1. The van der Waals surface area contributed by atoms with Gasteiger partial charge in [0, 0.05) is 10.0 Å². The fourth-order valence-corrected chi connectivity index (χ4v) is 2.96. The molecule has 0 aromatic heterocycles. The lowest BCUT2D eigenvalue weighted by atomic mass is 9.99. The van der Waals surface area contributed by atoms with Crippen molar-refractivity contribution in [2.24, 2.45) is 5.92 Å². The van der Waals surface area contributed by atoms with Gasteiger partial charge in [-0.3, -0.25) is 4.79 Å². The van der Waals surface area contributed by atoms with Crippen LogP contribution in [0.5, 0.6) is 5.75 Å². The van der Waals surface area contributed by atoms with Crippen LogP contribution in [0.1, 0.15) is 30.7 Å². The van der Waals surface area contributed by atoms with Gasteiger partial charge in [-0.25, -0.2) is 4.79 Å². The van der Waals surface area contributed by atoms with E-state index in [9.17, 15) is 14.7 Å². The van der Waals surface area contributed by atoms with Gasteiger partial charge in [0.1, 0.15) is 24.3 Å². The molecular weight excluding hydrogens is 338 g/mol. The van der Waals surface area contributed by atoms with Crippen LogP contribution in [-0.4, -0.2) is 29.6 Å². The Labute approximate surface area is 130 Å². The van der Waals surface area contributed by atoms with Crippen LogP contribution < -0.4 is 10.1 Å². The van der Waals surface area contributed by atoms with E-state index in [-0.39, 0.29) is 12.5 Å². The molecule has 0 saturated heterocycles. The van der Waals surface area contributed by atoms with Crippen molar-refractivity contribution in [1.82, 2.24) is 5.32 Å². The number of rotatable bonds is 5. The molecule has 1 aliphatic heterocycles. The highest BCUT2D eigenvalue weighted by Gasteiger charge is 2.35. The van der Waals surface area contributed by atoms with Gasteiger partial charge in [0.05, 0.1) is 0 Å². The fraction of sp³-hybridized carbons (Fsp3) is 0.467. The number of nitrogens with one attached hydrogen (secondary N) is 1. The van der Waals surface area contributed by atoms with Crippen molar-refractivity contribution in [3.8, 4) is 5.75 Å². The lowest BCUT2D eigenvalue weighted by Crippen LogP contribution is -2.43. The molecule has 1 fully saturated rings. The van der Waals surface area contributed by atoms with E-state index < -0.39 is 17.9 Å². The number of aliphatic carboxylic acids is 1. The third kappa shape index (κ3) is 3.20. The van der Waals surface area contributed by atoms with Gasteiger partial charge in [0.25, 0.3) is 0 Å². The third-order valence-corrected chi connectivity index (χ3v) is 4.44. The minimum Gasteiger partial charge on any atom is -0.492 e. The van der Waals surface area contributed by atoms with E-state index in [2.05, 4.69) is 21.2 Å². The number of amides is 1. The third-order valence-electron chi connectivity index (χ3n) is 3.95. The molecule has 2 aliphatic rings. The number of carboxylic acids is 1. The standard InChI is InChI=1S/C15H16BrNO4/c16-9-3-4-13-10(6-9)11(7-21-13)14(18)17-12(15(19)20)5-8-1-2-8/h3-4,6,8,11-12H,1-2,5,7H2,(H,17,18)(H,19,20). The molecule has 6 heteroatoms. The molecule has 1 aromatic rings. The van der Waals surface area contributed by atoms with Crippen molar-refractivity contribution < 1.29 is 19.4 Å². The molecule has 21 heavy (non-hydrogen) atoms. The maximum absolute atomic E-state index is 12.4. The summed E-state index contributed by atoms with van der Waals surface area (Å²) in [5, 5.41) is 11.9. The minimum atomic E-state index is -0.969. The van der Waals surface area contributed by atoms with E-state index in [0.717, 1.165) is 22.9 Å². The monoisotopic (exact) mass is 353 g/mol. The van der Waals surface area contributed by atoms with E-state index >= 15 is 0 Å². The molecule has 0 bridgehead atoms. The van der Waals surface area contributed by atoms with Gasteiger partial charge in [0.15, 0.2) is 0 Å². The van der Waals surface area contributed by atoms with Crippen molar-refractivity contribution in [2.75, 3.05) is 6.61 Å². The average Bonchev–Trinajstić information content (AvgIpc) is 3.15. The zero-order valence-electron chi connectivity index (χ0n) is 11.3. The molecule has 5 nitrogen and oxygen atoms in total. The second-order valence-corrected chi connectivity index (χ2v) is 6.54. The zero-order chi connectivity index (χ0) is 15.0. The quantitative estimate of drug-likeness (QED) is 0.851.